The molecule has 0 fully saturated rings. The van der Waals surface area contributed by atoms with Crippen molar-refractivity contribution in [2.45, 2.75) is 25.3 Å². The van der Waals surface area contributed by atoms with E-state index in [4.69, 9.17) is 4.74 Å². The maximum absolute atomic E-state index is 12.6. The normalized spacial score (nSPS) is 11.3. The summed E-state index contributed by atoms with van der Waals surface area (Å²) < 4.78 is 33.7. The van der Waals surface area contributed by atoms with Crippen LogP contribution < -0.4 is 9.46 Å². The Morgan fingerprint density at radius 3 is 2.35 bits per heavy atom. The molecule has 0 spiro atoms. The summed E-state index contributed by atoms with van der Waals surface area (Å²) in [6.07, 6.45) is 0. The summed E-state index contributed by atoms with van der Waals surface area (Å²) in [5.41, 5.74) is 2.46. The fourth-order valence-corrected chi connectivity index (χ4v) is 3.94. The summed E-state index contributed by atoms with van der Waals surface area (Å²) in [6, 6.07) is 22.3. The number of nitrogens with one attached hydrogen (secondary N) is 1. The van der Waals surface area contributed by atoms with Crippen LogP contribution in [0.3, 0.4) is 0 Å². The quantitative estimate of drug-likeness (QED) is 0.694. The second-order valence-electron chi connectivity index (χ2n) is 6.16. The van der Waals surface area contributed by atoms with Crippen LogP contribution in [0.1, 0.15) is 16.7 Å². The lowest BCUT2D eigenvalue weighted by atomic mass is 10.2. The predicted molar refractivity (Wildman–Crippen MR) is 103 cm³/mol. The number of para-hydroxylation sites is 1. The first kappa shape index (κ1) is 18.2. The van der Waals surface area contributed by atoms with Crippen LogP contribution in [-0.2, 0) is 16.6 Å². The Balaban J connectivity index is 1.73. The minimum absolute atomic E-state index is 0.196. The molecule has 5 heteroatoms. The lowest BCUT2D eigenvalue weighted by molar-refractivity contribution is 0.482. The number of sulfonamides is 1. The highest BCUT2D eigenvalue weighted by Crippen LogP contribution is 2.22. The van der Waals surface area contributed by atoms with Crippen molar-refractivity contribution in [2.24, 2.45) is 0 Å². The van der Waals surface area contributed by atoms with Crippen LogP contribution in [0.25, 0.3) is 0 Å². The lowest BCUT2D eigenvalue weighted by Crippen LogP contribution is -2.24. The van der Waals surface area contributed by atoms with E-state index >= 15 is 0 Å². The first-order valence-electron chi connectivity index (χ1n) is 8.33. The van der Waals surface area contributed by atoms with Gasteiger partial charge in [-0.05, 0) is 60.9 Å². The van der Waals surface area contributed by atoms with Crippen molar-refractivity contribution in [1.29, 1.82) is 0 Å². The van der Waals surface area contributed by atoms with E-state index in [1.54, 1.807) is 13.0 Å². The van der Waals surface area contributed by atoms with Gasteiger partial charge >= 0.3 is 0 Å². The van der Waals surface area contributed by atoms with Crippen LogP contribution in [0.15, 0.2) is 77.7 Å². The maximum Gasteiger partial charge on any atom is 0.241 e. The van der Waals surface area contributed by atoms with Crippen LogP contribution in [0.2, 0.25) is 0 Å². The Bertz CT molecular complexity index is 999. The summed E-state index contributed by atoms with van der Waals surface area (Å²) in [7, 11) is -3.57. The van der Waals surface area contributed by atoms with Crippen LogP contribution >= 0.6 is 0 Å². The van der Waals surface area contributed by atoms with Crippen molar-refractivity contribution in [1.82, 2.24) is 4.72 Å². The molecule has 3 aromatic carbocycles. The van der Waals surface area contributed by atoms with Crippen LogP contribution in [0.4, 0.5) is 0 Å². The van der Waals surface area contributed by atoms with Crippen LogP contribution in [0, 0.1) is 13.8 Å². The average Bonchev–Trinajstić information content (AvgIpc) is 2.63. The van der Waals surface area contributed by atoms with Gasteiger partial charge < -0.3 is 4.74 Å². The fourth-order valence-electron chi connectivity index (χ4n) is 2.60. The number of hydrogen-bond acceptors (Lipinski definition) is 3. The van der Waals surface area contributed by atoms with E-state index in [-0.39, 0.29) is 6.54 Å². The molecule has 0 aromatic heterocycles. The van der Waals surface area contributed by atoms with E-state index in [1.807, 2.05) is 73.7 Å². The highest BCUT2D eigenvalue weighted by molar-refractivity contribution is 7.89. The van der Waals surface area contributed by atoms with E-state index in [2.05, 4.69) is 4.72 Å². The molecule has 0 radical (unpaired) electrons. The molecule has 0 aliphatic carbocycles. The largest absolute Gasteiger partial charge is 0.457 e. The van der Waals surface area contributed by atoms with Gasteiger partial charge in [0.2, 0.25) is 10.0 Å². The van der Waals surface area contributed by atoms with Gasteiger partial charge in [-0.1, -0.05) is 42.5 Å². The molecular formula is C21H21NO3S. The second-order valence-corrected chi connectivity index (χ2v) is 7.89. The zero-order valence-electron chi connectivity index (χ0n) is 14.8. The predicted octanol–water partition coefficient (Wildman–Crippen LogP) is 4.57. The van der Waals surface area contributed by atoms with Gasteiger partial charge in [-0.15, -0.1) is 0 Å². The molecule has 1 N–H and O–H groups in total. The third kappa shape index (κ3) is 4.50. The number of rotatable bonds is 6. The number of ether oxygens (including phenoxy) is 1. The Hall–Kier alpha value is -2.63. The Kier molecular flexibility index (Phi) is 5.40. The smallest absolute Gasteiger partial charge is 0.241 e. The van der Waals surface area contributed by atoms with Crippen LogP contribution in [-0.4, -0.2) is 8.42 Å². The molecule has 26 heavy (non-hydrogen) atoms. The molecule has 3 rings (SSSR count). The SMILES string of the molecule is Cc1ccc(C)c(S(=O)(=O)NCc2cccc(Oc3ccccc3)c2)c1. The number of benzene rings is 3. The molecule has 0 saturated heterocycles. The van der Waals surface area contributed by atoms with E-state index in [1.165, 1.54) is 0 Å². The molecule has 134 valence electrons. The van der Waals surface area contributed by atoms with Crippen molar-refractivity contribution < 1.29 is 13.2 Å². The third-order valence-electron chi connectivity index (χ3n) is 3.98. The zero-order chi connectivity index (χ0) is 18.6. The van der Waals surface area contributed by atoms with E-state index in [9.17, 15) is 8.42 Å². The van der Waals surface area contributed by atoms with Gasteiger partial charge in [-0.2, -0.15) is 0 Å². The molecule has 0 bridgehead atoms. The van der Waals surface area contributed by atoms with Crippen molar-refractivity contribution in [3.05, 3.63) is 89.5 Å². The summed E-state index contributed by atoms with van der Waals surface area (Å²) >= 11 is 0. The van der Waals surface area contributed by atoms with Crippen LogP contribution in [0.5, 0.6) is 11.5 Å². The lowest BCUT2D eigenvalue weighted by Gasteiger charge is -2.11. The van der Waals surface area contributed by atoms with E-state index < -0.39 is 10.0 Å². The molecule has 0 saturated carbocycles. The molecular weight excluding hydrogens is 346 g/mol. The van der Waals surface area contributed by atoms with Gasteiger partial charge in [-0.25, -0.2) is 13.1 Å². The Morgan fingerprint density at radius 2 is 1.58 bits per heavy atom. The minimum Gasteiger partial charge on any atom is -0.457 e. The van der Waals surface area contributed by atoms with Crippen molar-refractivity contribution in [2.75, 3.05) is 0 Å². The molecule has 0 atom stereocenters. The highest BCUT2D eigenvalue weighted by Gasteiger charge is 2.16. The summed E-state index contributed by atoms with van der Waals surface area (Å²) in [4.78, 5) is 0.314. The number of hydrogen-bond donors (Lipinski definition) is 1. The zero-order valence-corrected chi connectivity index (χ0v) is 15.6. The molecule has 4 nitrogen and oxygen atoms in total. The van der Waals surface area contributed by atoms with Gasteiger partial charge in [0.1, 0.15) is 11.5 Å². The van der Waals surface area contributed by atoms with Gasteiger partial charge in [-0.3, -0.25) is 0 Å². The second kappa shape index (κ2) is 7.72. The fraction of sp³-hybridized carbons (Fsp3) is 0.143. The standard InChI is InChI=1S/C21H21NO3S/c1-16-11-12-17(2)21(13-16)26(23,24)22-15-18-7-6-10-20(14-18)25-19-8-4-3-5-9-19/h3-14,22H,15H2,1-2H3. The monoisotopic (exact) mass is 367 g/mol. The number of aryl methyl sites for hydroxylation is 2. The molecule has 0 unspecified atom stereocenters. The molecule has 0 aliphatic heterocycles. The Morgan fingerprint density at radius 1 is 0.846 bits per heavy atom. The van der Waals surface area contributed by atoms with Gasteiger partial charge in [0.15, 0.2) is 0 Å². The molecule has 0 amide bonds. The first-order chi connectivity index (χ1) is 12.4. The van der Waals surface area contributed by atoms with E-state index in [0.29, 0.717) is 10.6 Å². The van der Waals surface area contributed by atoms with Gasteiger partial charge in [0.05, 0.1) is 4.90 Å². The molecule has 0 aliphatic rings. The summed E-state index contributed by atoms with van der Waals surface area (Å²) in [5, 5.41) is 0. The van der Waals surface area contributed by atoms with Crippen molar-refractivity contribution in [3.63, 3.8) is 0 Å². The van der Waals surface area contributed by atoms with E-state index in [0.717, 1.165) is 22.4 Å². The molecule has 0 heterocycles. The summed E-state index contributed by atoms with van der Waals surface area (Å²) in [5.74, 6) is 1.40. The summed E-state index contributed by atoms with van der Waals surface area (Å²) in [6.45, 7) is 3.87. The average molecular weight is 367 g/mol. The first-order valence-corrected chi connectivity index (χ1v) is 9.81. The maximum atomic E-state index is 12.6. The van der Waals surface area contributed by atoms with Gasteiger partial charge in [0.25, 0.3) is 0 Å². The van der Waals surface area contributed by atoms with Crippen molar-refractivity contribution >= 4 is 10.0 Å². The molecule has 3 aromatic rings. The topological polar surface area (TPSA) is 55.4 Å². The van der Waals surface area contributed by atoms with Gasteiger partial charge in [0, 0.05) is 6.54 Å². The minimum atomic E-state index is -3.57. The third-order valence-corrected chi connectivity index (χ3v) is 5.52. The van der Waals surface area contributed by atoms with Crippen molar-refractivity contribution in [3.8, 4) is 11.5 Å². The highest BCUT2D eigenvalue weighted by atomic mass is 32.2. The Labute approximate surface area is 154 Å².